The van der Waals surface area contributed by atoms with Gasteiger partial charge >= 0.3 is 5.97 Å². The molecule has 1 aromatic rings. The first kappa shape index (κ1) is 8.75. The largest absolute Gasteiger partial charge is 0.481 e. The highest BCUT2D eigenvalue weighted by molar-refractivity contribution is 9.10. The van der Waals surface area contributed by atoms with E-state index >= 15 is 0 Å². The molecule has 0 aliphatic heterocycles. The van der Waals surface area contributed by atoms with Crippen molar-refractivity contribution >= 4 is 21.9 Å². The number of carboxylic acids is 1. The van der Waals surface area contributed by atoms with Crippen LogP contribution in [0.5, 0.6) is 0 Å². The summed E-state index contributed by atoms with van der Waals surface area (Å²) in [7, 11) is 0. The van der Waals surface area contributed by atoms with E-state index in [1.165, 1.54) is 5.56 Å². The Morgan fingerprint density at radius 1 is 1.54 bits per heavy atom. The van der Waals surface area contributed by atoms with E-state index in [0.29, 0.717) is 0 Å². The Morgan fingerprint density at radius 3 is 3.00 bits per heavy atom. The zero-order valence-electron chi connectivity index (χ0n) is 6.96. The molecule has 0 fully saturated rings. The third-order valence-electron chi connectivity index (χ3n) is 2.48. The summed E-state index contributed by atoms with van der Waals surface area (Å²) in [6.45, 7) is 0. The maximum Gasteiger partial charge on any atom is 0.310 e. The van der Waals surface area contributed by atoms with E-state index < -0.39 is 5.97 Å². The van der Waals surface area contributed by atoms with Crippen LogP contribution in [0, 0.1) is 0 Å². The first-order valence-electron chi connectivity index (χ1n) is 4.19. The molecular formula is C10H9BrO2. The Bertz CT molecular complexity index is 360. The molecule has 1 aliphatic rings. The lowest BCUT2D eigenvalue weighted by Gasteiger charge is -2.04. The molecule has 1 atom stereocenters. The zero-order valence-corrected chi connectivity index (χ0v) is 8.54. The zero-order chi connectivity index (χ0) is 9.42. The van der Waals surface area contributed by atoms with Crippen LogP contribution in [0.15, 0.2) is 22.7 Å². The van der Waals surface area contributed by atoms with Crippen LogP contribution in [0.4, 0.5) is 0 Å². The van der Waals surface area contributed by atoms with Crippen LogP contribution in [-0.4, -0.2) is 11.1 Å². The number of carbonyl (C=O) groups is 1. The van der Waals surface area contributed by atoms with E-state index in [1.54, 1.807) is 0 Å². The van der Waals surface area contributed by atoms with Crippen LogP contribution >= 0.6 is 15.9 Å². The lowest BCUT2D eigenvalue weighted by Crippen LogP contribution is -2.07. The average Bonchev–Trinajstić information content (AvgIpc) is 2.46. The maximum absolute atomic E-state index is 10.8. The Morgan fingerprint density at radius 2 is 2.31 bits per heavy atom. The van der Waals surface area contributed by atoms with E-state index in [2.05, 4.69) is 15.9 Å². The van der Waals surface area contributed by atoms with Crippen LogP contribution in [0.2, 0.25) is 0 Å². The number of benzene rings is 1. The van der Waals surface area contributed by atoms with Gasteiger partial charge in [-0.25, -0.2) is 0 Å². The molecule has 1 aliphatic carbocycles. The van der Waals surface area contributed by atoms with E-state index in [4.69, 9.17) is 5.11 Å². The van der Waals surface area contributed by atoms with Gasteiger partial charge in [0.05, 0.1) is 5.92 Å². The van der Waals surface area contributed by atoms with E-state index in [0.717, 1.165) is 22.9 Å². The molecule has 0 radical (unpaired) electrons. The first-order chi connectivity index (χ1) is 6.18. The number of hydrogen-bond acceptors (Lipinski definition) is 1. The molecule has 0 amide bonds. The van der Waals surface area contributed by atoms with Crippen LogP contribution in [0.3, 0.4) is 0 Å². The quantitative estimate of drug-likeness (QED) is 0.820. The SMILES string of the molecule is O=C(O)C1CCc2cc(Br)ccc21. The van der Waals surface area contributed by atoms with Crippen LogP contribution in [0.1, 0.15) is 23.5 Å². The number of carboxylic acid groups (broad SMARTS) is 1. The summed E-state index contributed by atoms with van der Waals surface area (Å²) in [6.07, 6.45) is 1.62. The standard InChI is InChI=1S/C10H9BrO2/c11-7-2-4-8-6(5-7)1-3-9(8)10(12)13/h2,4-5,9H,1,3H2,(H,12,13). The van der Waals surface area contributed by atoms with Crippen LogP contribution in [0.25, 0.3) is 0 Å². The van der Waals surface area contributed by atoms with E-state index in [1.807, 2.05) is 18.2 Å². The van der Waals surface area contributed by atoms with Gasteiger partial charge in [-0.15, -0.1) is 0 Å². The van der Waals surface area contributed by atoms with Gasteiger partial charge in [0.15, 0.2) is 0 Å². The van der Waals surface area contributed by atoms with Crippen molar-refractivity contribution in [1.82, 2.24) is 0 Å². The molecule has 68 valence electrons. The fourth-order valence-electron chi connectivity index (χ4n) is 1.84. The minimum Gasteiger partial charge on any atom is -0.481 e. The average molecular weight is 241 g/mol. The van der Waals surface area contributed by atoms with Crippen molar-refractivity contribution in [3.63, 3.8) is 0 Å². The molecule has 1 unspecified atom stereocenters. The lowest BCUT2D eigenvalue weighted by atomic mass is 10.0. The van der Waals surface area contributed by atoms with Gasteiger partial charge in [-0.05, 0) is 36.1 Å². The molecule has 2 nitrogen and oxygen atoms in total. The van der Waals surface area contributed by atoms with Crippen molar-refractivity contribution in [1.29, 1.82) is 0 Å². The number of halogens is 1. The summed E-state index contributed by atoms with van der Waals surface area (Å²) in [4.78, 5) is 10.8. The first-order valence-corrected chi connectivity index (χ1v) is 4.99. The molecule has 2 rings (SSSR count). The summed E-state index contributed by atoms with van der Waals surface area (Å²) in [5.74, 6) is -0.996. The third kappa shape index (κ3) is 1.48. The van der Waals surface area contributed by atoms with Gasteiger partial charge in [-0.1, -0.05) is 22.0 Å². The molecule has 0 spiro atoms. The predicted molar refractivity (Wildman–Crippen MR) is 52.8 cm³/mol. The number of fused-ring (bicyclic) bond motifs is 1. The Balaban J connectivity index is 2.44. The maximum atomic E-state index is 10.8. The second kappa shape index (κ2) is 3.14. The Hall–Kier alpha value is -0.830. The second-order valence-electron chi connectivity index (χ2n) is 3.27. The second-order valence-corrected chi connectivity index (χ2v) is 4.19. The molecule has 0 saturated carbocycles. The van der Waals surface area contributed by atoms with Gasteiger partial charge in [0.2, 0.25) is 0 Å². The van der Waals surface area contributed by atoms with Crippen molar-refractivity contribution < 1.29 is 9.90 Å². The highest BCUT2D eigenvalue weighted by atomic mass is 79.9. The molecule has 13 heavy (non-hydrogen) atoms. The molecule has 0 heterocycles. The highest BCUT2D eigenvalue weighted by Crippen LogP contribution is 2.34. The molecule has 0 saturated heterocycles. The summed E-state index contributed by atoms with van der Waals surface area (Å²) >= 11 is 3.37. The molecule has 3 heteroatoms. The smallest absolute Gasteiger partial charge is 0.310 e. The van der Waals surface area contributed by atoms with Gasteiger partial charge in [0.1, 0.15) is 0 Å². The summed E-state index contributed by atoms with van der Waals surface area (Å²) in [6, 6.07) is 5.82. The third-order valence-corrected chi connectivity index (χ3v) is 2.97. The minimum atomic E-state index is -0.707. The topological polar surface area (TPSA) is 37.3 Å². The highest BCUT2D eigenvalue weighted by Gasteiger charge is 2.27. The molecule has 1 aromatic carbocycles. The van der Waals surface area contributed by atoms with Crippen LogP contribution in [-0.2, 0) is 11.2 Å². The Labute approximate surface area is 84.7 Å². The Kier molecular flexibility index (Phi) is 2.12. The summed E-state index contributed by atoms with van der Waals surface area (Å²) < 4.78 is 1.03. The van der Waals surface area contributed by atoms with Gasteiger partial charge in [0, 0.05) is 4.47 Å². The predicted octanol–water partition coefficient (Wildman–Crippen LogP) is 2.56. The summed E-state index contributed by atoms with van der Waals surface area (Å²) in [5, 5.41) is 8.92. The summed E-state index contributed by atoms with van der Waals surface area (Å²) in [5.41, 5.74) is 2.15. The van der Waals surface area contributed by atoms with Crippen molar-refractivity contribution in [2.45, 2.75) is 18.8 Å². The number of rotatable bonds is 1. The monoisotopic (exact) mass is 240 g/mol. The van der Waals surface area contributed by atoms with Crippen molar-refractivity contribution in [2.75, 3.05) is 0 Å². The molecular weight excluding hydrogens is 232 g/mol. The number of aryl methyl sites for hydroxylation is 1. The van der Waals surface area contributed by atoms with E-state index in [-0.39, 0.29) is 5.92 Å². The minimum absolute atomic E-state index is 0.289. The fourth-order valence-corrected chi connectivity index (χ4v) is 2.25. The van der Waals surface area contributed by atoms with E-state index in [9.17, 15) is 4.79 Å². The van der Waals surface area contributed by atoms with Gasteiger partial charge in [-0.2, -0.15) is 0 Å². The number of hydrogen-bond donors (Lipinski definition) is 1. The van der Waals surface area contributed by atoms with Crippen molar-refractivity contribution in [2.24, 2.45) is 0 Å². The normalized spacial score (nSPS) is 19.9. The molecule has 0 aromatic heterocycles. The molecule has 1 N–H and O–H groups in total. The van der Waals surface area contributed by atoms with Gasteiger partial charge < -0.3 is 5.11 Å². The number of aliphatic carboxylic acids is 1. The molecule has 0 bridgehead atoms. The lowest BCUT2D eigenvalue weighted by molar-refractivity contribution is -0.138. The van der Waals surface area contributed by atoms with Gasteiger partial charge in [-0.3, -0.25) is 4.79 Å². The fraction of sp³-hybridized carbons (Fsp3) is 0.300. The van der Waals surface area contributed by atoms with Gasteiger partial charge in [0.25, 0.3) is 0 Å². The van der Waals surface area contributed by atoms with Crippen molar-refractivity contribution in [3.8, 4) is 0 Å². The van der Waals surface area contributed by atoms with Crippen LogP contribution < -0.4 is 0 Å². The van der Waals surface area contributed by atoms with Crippen molar-refractivity contribution in [3.05, 3.63) is 33.8 Å².